The van der Waals surface area contributed by atoms with E-state index >= 15 is 0 Å². The SMILES string of the molecule is CC1NCCN(C(=O)c2cccnc2)C1C.Cl.Cl. The zero-order valence-corrected chi connectivity index (χ0v) is 12.1. The van der Waals surface area contributed by atoms with Gasteiger partial charge in [-0.1, -0.05) is 0 Å². The number of rotatable bonds is 1. The van der Waals surface area contributed by atoms with Crippen molar-refractivity contribution in [1.29, 1.82) is 0 Å². The van der Waals surface area contributed by atoms with Crippen LogP contribution in [-0.4, -0.2) is 41.0 Å². The lowest BCUT2D eigenvalue weighted by Gasteiger charge is -2.38. The second kappa shape index (κ2) is 7.56. The molecule has 0 aromatic carbocycles. The summed E-state index contributed by atoms with van der Waals surface area (Å²) in [6.45, 7) is 5.80. The molecule has 1 amide bonds. The van der Waals surface area contributed by atoms with Crippen molar-refractivity contribution in [3.63, 3.8) is 0 Å². The van der Waals surface area contributed by atoms with E-state index in [2.05, 4.69) is 24.1 Å². The molecule has 1 aromatic rings. The standard InChI is InChI=1S/C12H17N3O.2ClH/c1-9-10(2)15(7-6-14-9)12(16)11-4-3-5-13-8-11;;/h3-5,8-10,14H,6-7H2,1-2H3;2*1H. The fourth-order valence-corrected chi connectivity index (χ4v) is 2.00. The van der Waals surface area contributed by atoms with Crippen LogP contribution in [0.15, 0.2) is 24.5 Å². The Bertz CT molecular complexity index is 375. The molecule has 0 radical (unpaired) electrons. The van der Waals surface area contributed by atoms with Crippen molar-refractivity contribution >= 4 is 30.7 Å². The highest BCUT2D eigenvalue weighted by atomic mass is 35.5. The van der Waals surface area contributed by atoms with E-state index in [1.54, 1.807) is 18.5 Å². The molecule has 0 bridgehead atoms. The lowest BCUT2D eigenvalue weighted by molar-refractivity contribution is 0.0602. The van der Waals surface area contributed by atoms with Gasteiger partial charge in [0.1, 0.15) is 0 Å². The molecule has 6 heteroatoms. The van der Waals surface area contributed by atoms with Crippen molar-refractivity contribution in [3.8, 4) is 0 Å². The Labute approximate surface area is 120 Å². The average molecular weight is 292 g/mol. The summed E-state index contributed by atoms with van der Waals surface area (Å²) in [5, 5.41) is 3.36. The van der Waals surface area contributed by atoms with E-state index in [1.807, 2.05) is 11.0 Å². The van der Waals surface area contributed by atoms with Crippen LogP contribution >= 0.6 is 24.8 Å². The maximum absolute atomic E-state index is 12.2. The van der Waals surface area contributed by atoms with Crippen LogP contribution < -0.4 is 5.32 Å². The Morgan fingerprint density at radius 1 is 1.44 bits per heavy atom. The molecule has 0 aliphatic carbocycles. The smallest absolute Gasteiger partial charge is 0.255 e. The molecule has 0 spiro atoms. The van der Waals surface area contributed by atoms with Crippen LogP contribution in [0.5, 0.6) is 0 Å². The number of aromatic nitrogens is 1. The number of carbonyl (C=O) groups is 1. The summed E-state index contributed by atoms with van der Waals surface area (Å²) in [7, 11) is 0. The van der Waals surface area contributed by atoms with Gasteiger partial charge in [-0.15, -0.1) is 24.8 Å². The molecule has 1 aliphatic heterocycles. The number of piperazine rings is 1. The van der Waals surface area contributed by atoms with Crippen LogP contribution in [0, 0.1) is 0 Å². The fraction of sp³-hybridized carbons (Fsp3) is 0.500. The number of carbonyl (C=O) groups excluding carboxylic acids is 1. The highest BCUT2D eigenvalue weighted by Crippen LogP contribution is 2.12. The second-order valence-electron chi connectivity index (χ2n) is 4.22. The van der Waals surface area contributed by atoms with Gasteiger partial charge in [0, 0.05) is 37.6 Å². The highest BCUT2D eigenvalue weighted by molar-refractivity contribution is 5.94. The molecule has 1 aliphatic rings. The summed E-state index contributed by atoms with van der Waals surface area (Å²) in [6, 6.07) is 4.17. The number of pyridine rings is 1. The van der Waals surface area contributed by atoms with Crippen molar-refractivity contribution in [2.75, 3.05) is 13.1 Å². The quantitative estimate of drug-likeness (QED) is 0.857. The van der Waals surface area contributed by atoms with Gasteiger partial charge in [0.2, 0.25) is 0 Å². The van der Waals surface area contributed by atoms with Gasteiger partial charge >= 0.3 is 0 Å². The van der Waals surface area contributed by atoms with Gasteiger partial charge in [-0.2, -0.15) is 0 Å². The molecule has 1 aromatic heterocycles. The predicted molar refractivity (Wildman–Crippen MR) is 76.7 cm³/mol. The van der Waals surface area contributed by atoms with E-state index in [9.17, 15) is 4.79 Å². The Balaban J connectivity index is 0.00000144. The molecular weight excluding hydrogens is 273 g/mol. The summed E-state index contributed by atoms with van der Waals surface area (Å²) >= 11 is 0. The van der Waals surface area contributed by atoms with E-state index in [-0.39, 0.29) is 36.8 Å². The number of amides is 1. The number of nitrogens with zero attached hydrogens (tertiary/aromatic N) is 2. The van der Waals surface area contributed by atoms with Crippen LogP contribution in [0.4, 0.5) is 0 Å². The minimum atomic E-state index is 0. The first-order valence-corrected chi connectivity index (χ1v) is 5.64. The molecule has 2 rings (SSSR count). The monoisotopic (exact) mass is 291 g/mol. The van der Waals surface area contributed by atoms with Crippen molar-refractivity contribution in [3.05, 3.63) is 30.1 Å². The van der Waals surface area contributed by atoms with Crippen molar-refractivity contribution in [2.45, 2.75) is 25.9 Å². The molecule has 2 atom stereocenters. The van der Waals surface area contributed by atoms with Gasteiger partial charge in [0.15, 0.2) is 0 Å². The van der Waals surface area contributed by atoms with Gasteiger partial charge in [0.25, 0.3) is 5.91 Å². The highest BCUT2D eigenvalue weighted by Gasteiger charge is 2.28. The van der Waals surface area contributed by atoms with E-state index in [0.29, 0.717) is 11.6 Å². The zero-order valence-electron chi connectivity index (χ0n) is 10.5. The van der Waals surface area contributed by atoms with Gasteiger partial charge in [-0.3, -0.25) is 9.78 Å². The second-order valence-corrected chi connectivity index (χ2v) is 4.22. The molecule has 102 valence electrons. The minimum Gasteiger partial charge on any atom is -0.333 e. The lowest BCUT2D eigenvalue weighted by Crippen LogP contribution is -2.57. The van der Waals surface area contributed by atoms with Gasteiger partial charge in [-0.05, 0) is 26.0 Å². The van der Waals surface area contributed by atoms with E-state index < -0.39 is 0 Å². The molecule has 0 saturated carbocycles. The van der Waals surface area contributed by atoms with Crippen LogP contribution in [0.2, 0.25) is 0 Å². The molecule has 2 heterocycles. The van der Waals surface area contributed by atoms with E-state index in [4.69, 9.17) is 0 Å². The Morgan fingerprint density at radius 2 is 2.17 bits per heavy atom. The molecular formula is C12H19Cl2N3O. The van der Waals surface area contributed by atoms with Gasteiger partial charge < -0.3 is 10.2 Å². The first kappa shape index (κ1) is 17.2. The fourth-order valence-electron chi connectivity index (χ4n) is 2.00. The summed E-state index contributed by atoms with van der Waals surface area (Å²) in [5.41, 5.74) is 0.670. The van der Waals surface area contributed by atoms with Crippen LogP contribution in [0.3, 0.4) is 0 Å². The zero-order chi connectivity index (χ0) is 11.5. The number of halogens is 2. The van der Waals surface area contributed by atoms with Crippen molar-refractivity contribution < 1.29 is 4.79 Å². The van der Waals surface area contributed by atoms with E-state index in [1.165, 1.54) is 0 Å². The Kier molecular flexibility index (Phi) is 7.21. The maximum Gasteiger partial charge on any atom is 0.255 e. The number of hydrogen-bond donors (Lipinski definition) is 1. The van der Waals surface area contributed by atoms with E-state index in [0.717, 1.165) is 13.1 Å². The number of nitrogens with one attached hydrogen (secondary N) is 1. The Morgan fingerprint density at radius 3 is 2.78 bits per heavy atom. The molecule has 1 saturated heterocycles. The molecule has 18 heavy (non-hydrogen) atoms. The van der Waals surface area contributed by atoms with Crippen molar-refractivity contribution in [1.82, 2.24) is 15.2 Å². The summed E-state index contributed by atoms with van der Waals surface area (Å²) < 4.78 is 0. The Hall–Kier alpha value is -0.840. The third-order valence-electron chi connectivity index (χ3n) is 3.20. The minimum absolute atomic E-state index is 0. The molecule has 2 unspecified atom stereocenters. The first-order chi connectivity index (χ1) is 7.70. The van der Waals surface area contributed by atoms with Gasteiger partial charge in [-0.25, -0.2) is 0 Å². The molecule has 1 N–H and O–H groups in total. The average Bonchev–Trinajstić information content (AvgIpc) is 2.33. The maximum atomic E-state index is 12.2. The topological polar surface area (TPSA) is 45.2 Å². The van der Waals surface area contributed by atoms with Crippen LogP contribution in [0.25, 0.3) is 0 Å². The third-order valence-corrected chi connectivity index (χ3v) is 3.20. The normalized spacial score (nSPS) is 22.7. The van der Waals surface area contributed by atoms with Crippen molar-refractivity contribution in [2.24, 2.45) is 0 Å². The molecule has 4 nitrogen and oxygen atoms in total. The number of hydrogen-bond acceptors (Lipinski definition) is 3. The predicted octanol–water partition coefficient (Wildman–Crippen LogP) is 1.75. The lowest BCUT2D eigenvalue weighted by atomic mass is 10.1. The third kappa shape index (κ3) is 3.57. The molecule has 1 fully saturated rings. The largest absolute Gasteiger partial charge is 0.333 e. The summed E-state index contributed by atoms with van der Waals surface area (Å²) in [6.07, 6.45) is 3.31. The first-order valence-electron chi connectivity index (χ1n) is 5.64. The van der Waals surface area contributed by atoms with Crippen LogP contribution in [0.1, 0.15) is 24.2 Å². The summed E-state index contributed by atoms with van der Waals surface area (Å²) in [4.78, 5) is 18.1. The van der Waals surface area contributed by atoms with Gasteiger partial charge in [0.05, 0.1) is 5.56 Å². The summed E-state index contributed by atoms with van der Waals surface area (Å²) in [5.74, 6) is 0.0777. The van der Waals surface area contributed by atoms with Crippen LogP contribution in [-0.2, 0) is 0 Å².